The third-order valence-corrected chi connectivity index (χ3v) is 3.60. The number of rotatable bonds is 6. The first-order chi connectivity index (χ1) is 12.2. The summed E-state index contributed by atoms with van der Waals surface area (Å²) >= 11 is 0. The fraction of sp³-hybridized carbons (Fsp3) is 0.353. The third-order valence-electron chi connectivity index (χ3n) is 3.60. The molecule has 1 heterocycles. The lowest BCUT2D eigenvalue weighted by molar-refractivity contribution is -0.384. The number of hydrogen-bond acceptors (Lipinski definition) is 7. The summed E-state index contributed by atoms with van der Waals surface area (Å²) in [5.41, 5.74) is -0.212. The number of benzene rings is 1. The molecule has 1 fully saturated rings. The first-order valence-electron chi connectivity index (χ1n) is 7.79. The van der Waals surface area contributed by atoms with E-state index in [0.29, 0.717) is 5.69 Å². The van der Waals surface area contributed by atoms with Gasteiger partial charge in [-0.15, -0.1) is 0 Å². The lowest BCUT2D eigenvalue weighted by atomic mass is 9.87. The Balaban J connectivity index is 2.00. The van der Waals surface area contributed by atoms with Gasteiger partial charge in [-0.05, 0) is 12.1 Å². The number of aliphatic imine (C=N–C) groups is 1. The molecule has 0 spiro atoms. The number of carbonyl (C=O) groups excluding carboxylic acids is 2. The minimum atomic E-state index is -0.805. The van der Waals surface area contributed by atoms with Gasteiger partial charge in [0.25, 0.3) is 11.6 Å². The summed E-state index contributed by atoms with van der Waals surface area (Å²) in [6, 6.07) is 5.71. The molecule has 9 heteroatoms. The Labute approximate surface area is 149 Å². The topological polar surface area (TPSA) is 120 Å². The Morgan fingerprint density at radius 3 is 2.65 bits per heavy atom. The van der Waals surface area contributed by atoms with Crippen molar-refractivity contribution >= 4 is 29.5 Å². The van der Waals surface area contributed by atoms with Crippen LogP contribution in [0.5, 0.6) is 0 Å². The van der Waals surface area contributed by atoms with Gasteiger partial charge in [0.15, 0.2) is 12.0 Å². The highest BCUT2D eigenvalue weighted by molar-refractivity contribution is 5.87. The second-order valence-corrected chi connectivity index (χ2v) is 6.34. The van der Waals surface area contributed by atoms with Gasteiger partial charge in [-0.3, -0.25) is 30.0 Å². The van der Waals surface area contributed by atoms with Gasteiger partial charge in [0.2, 0.25) is 0 Å². The second-order valence-electron chi connectivity index (χ2n) is 6.34. The van der Waals surface area contributed by atoms with E-state index in [-0.39, 0.29) is 24.1 Å². The van der Waals surface area contributed by atoms with E-state index in [9.17, 15) is 19.7 Å². The largest absolute Gasteiger partial charge is 0.465 e. The molecule has 1 aromatic rings. The van der Waals surface area contributed by atoms with E-state index in [2.05, 4.69) is 10.3 Å². The van der Waals surface area contributed by atoms with E-state index in [1.54, 1.807) is 13.8 Å². The summed E-state index contributed by atoms with van der Waals surface area (Å²) < 4.78 is 10.6. The summed E-state index contributed by atoms with van der Waals surface area (Å²) in [5.74, 6) is -0.541. The predicted octanol–water partition coefficient (Wildman–Crippen LogP) is 2.24. The number of nitrogens with zero attached hydrogens (tertiary/aromatic N) is 2. The molecule has 1 atom stereocenters. The van der Waals surface area contributed by atoms with Crippen LogP contribution >= 0.6 is 0 Å². The zero-order valence-electron chi connectivity index (χ0n) is 14.6. The van der Waals surface area contributed by atoms with Crippen LogP contribution in [-0.2, 0) is 19.1 Å². The van der Waals surface area contributed by atoms with Crippen molar-refractivity contribution < 1.29 is 24.0 Å². The van der Waals surface area contributed by atoms with Gasteiger partial charge in [-0.1, -0.05) is 13.8 Å². The Morgan fingerprint density at radius 1 is 1.42 bits per heavy atom. The molecule has 1 aliphatic heterocycles. The number of nitro groups is 1. The van der Waals surface area contributed by atoms with Gasteiger partial charge in [0.1, 0.15) is 6.61 Å². The van der Waals surface area contributed by atoms with Crippen molar-refractivity contribution in [1.82, 2.24) is 5.32 Å². The highest BCUT2D eigenvalue weighted by Gasteiger charge is 2.43. The fourth-order valence-corrected chi connectivity index (χ4v) is 2.21. The number of carbonyl (C=O) groups is 2. The van der Waals surface area contributed by atoms with E-state index >= 15 is 0 Å². The lowest BCUT2D eigenvalue weighted by Gasteiger charge is -2.27. The molecule has 1 aliphatic rings. The van der Waals surface area contributed by atoms with E-state index < -0.39 is 22.4 Å². The van der Waals surface area contributed by atoms with Crippen LogP contribution in [-0.4, -0.2) is 35.7 Å². The van der Waals surface area contributed by atoms with Crippen LogP contribution in [0.1, 0.15) is 20.8 Å². The average molecular weight is 361 g/mol. The summed E-state index contributed by atoms with van der Waals surface area (Å²) in [7, 11) is 0. The Hall–Kier alpha value is -3.23. The van der Waals surface area contributed by atoms with Crippen molar-refractivity contribution in [3.63, 3.8) is 0 Å². The van der Waals surface area contributed by atoms with Gasteiger partial charge in [0.05, 0.1) is 10.6 Å². The number of nitro benzene ring substituents is 1. The molecule has 26 heavy (non-hydrogen) atoms. The van der Waals surface area contributed by atoms with Gasteiger partial charge < -0.3 is 9.47 Å². The predicted molar refractivity (Wildman–Crippen MR) is 92.8 cm³/mol. The molecule has 0 aliphatic carbocycles. The molecule has 138 valence electrons. The number of ether oxygens (including phenoxy) is 2. The SMILES string of the molecule is CC(=O)OCC(C)(C)C1O/C(=C\C=Nc2ccc([N+](=O)[O-])cc2)NC1=O. The van der Waals surface area contributed by atoms with Gasteiger partial charge in [0, 0.05) is 36.8 Å². The molecule has 2 rings (SSSR count). The molecular weight excluding hydrogens is 342 g/mol. The van der Waals surface area contributed by atoms with E-state index in [4.69, 9.17) is 9.47 Å². The fourth-order valence-electron chi connectivity index (χ4n) is 2.21. The van der Waals surface area contributed by atoms with Crippen molar-refractivity contribution in [2.45, 2.75) is 26.9 Å². The van der Waals surface area contributed by atoms with Crippen LogP contribution in [0.15, 0.2) is 41.2 Å². The van der Waals surface area contributed by atoms with Gasteiger partial charge in [-0.25, -0.2) is 0 Å². The molecular formula is C17H19N3O6. The van der Waals surface area contributed by atoms with Crippen LogP contribution < -0.4 is 5.32 Å². The third kappa shape index (κ3) is 4.88. The average Bonchev–Trinajstić information content (AvgIpc) is 2.95. The molecule has 0 radical (unpaired) electrons. The van der Waals surface area contributed by atoms with Gasteiger partial charge in [-0.2, -0.15) is 0 Å². The van der Waals surface area contributed by atoms with Crippen LogP contribution in [0.3, 0.4) is 0 Å². The van der Waals surface area contributed by atoms with E-state index in [1.807, 2.05) is 0 Å². The van der Waals surface area contributed by atoms with Crippen molar-refractivity contribution in [2.24, 2.45) is 10.4 Å². The molecule has 0 bridgehead atoms. The molecule has 1 aromatic carbocycles. The molecule has 1 N–H and O–H groups in total. The monoisotopic (exact) mass is 361 g/mol. The van der Waals surface area contributed by atoms with Crippen LogP contribution in [0.2, 0.25) is 0 Å². The lowest BCUT2D eigenvalue weighted by Crippen LogP contribution is -2.40. The number of esters is 1. The first-order valence-corrected chi connectivity index (χ1v) is 7.79. The standard InChI is InChI=1S/C17H19N3O6/c1-11(21)25-10-17(2,3)15-16(22)19-14(26-15)8-9-18-12-4-6-13(7-5-12)20(23)24/h4-9,15H,10H2,1-3H3,(H,19,22)/b14-8-,18-9?. The number of nitrogens with one attached hydrogen (secondary N) is 1. The summed E-state index contributed by atoms with van der Waals surface area (Å²) in [5, 5.41) is 13.2. The zero-order valence-corrected chi connectivity index (χ0v) is 14.6. The Bertz CT molecular complexity index is 767. The highest BCUT2D eigenvalue weighted by Crippen LogP contribution is 2.29. The van der Waals surface area contributed by atoms with Crippen molar-refractivity contribution in [3.8, 4) is 0 Å². The maximum absolute atomic E-state index is 12.1. The molecule has 9 nitrogen and oxygen atoms in total. The summed E-state index contributed by atoms with van der Waals surface area (Å²) in [4.78, 5) is 37.3. The summed E-state index contributed by atoms with van der Waals surface area (Å²) in [6.45, 7) is 4.86. The van der Waals surface area contributed by atoms with Crippen molar-refractivity contribution in [3.05, 3.63) is 46.3 Å². The normalized spacial score (nSPS) is 18.7. The highest BCUT2D eigenvalue weighted by atomic mass is 16.6. The number of amides is 1. The number of hydrogen-bond donors (Lipinski definition) is 1. The summed E-state index contributed by atoms with van der Waals surface area (Å²) in [6.07, 6.45) is 2.08. The first kappa shape index (κ1) is 19.1. The minimum absolute atomic E-state index is 0.0217. The molecule has 1 amide bonds. The van der Waals surface area contributed by atoms with Crippen molar-refractivity contribution in [1.29, 1.82) is 0 Å². The minimum Gasteiger partial charge on any atom is -0.465 e. The second kappa shape index (κ2) is 7.77. The van der Waals surface area contributed by atoms with E-state index in [1.165, 1.54) is 43.5 Å². The molecule has 1 unspecified atom stereocenters. The number of allylic oxidation sites excluding steroid dienone is 1. The molecule has 0 aromatic heterocycles. The Morgan fingerprint density at radius 2 is 2.08 bits per heavy atom. The van der Waals surface area contributed by atoms with Gasteiger partial charge >= 0.3 is 5.97 Å². The maximum Gasteiger partial charge on any atom is 0.302 e. The zero-order chi connectivity index (χ0) is 19.3. The van der Waals surface area contributed by atoms with Crippen molar-refractivity contribution in [2.75, 3.05) is 6.61 Å². The molecule has 1 saturated heterocycles. The smallest absolute Gasteiger partial charge is 0.302 e. The van der Waals surface area contributed by atoms with Crippen LogP contribution in [0.25, 0.3) is 0 Å². The maximum atomic E-state index is 12.1. The quantitative estimate of drug-likeness (QED) is 0.359. The Kier molecular flexibility index (Phi) is 5.71. The van der Waals surface area contributed by atoms with Crippen LogP contribution in [0.4, 0.5) is 11.4 Å². The van der Waals surface area contributed by atoms with E-state index in [0.717, 1.165) is 0 Å². The molecule has 0 saturated carbocycles. The number of non-ortho nitro benzene ring substituents is 1. The van der Waals surface area contributed by atoms with Crippen LogP contribution in [0, 0.1) is 15.5 Å².